The number of ketones is 2. The third-order valence-corrected chi connectivity index (χ3v) is 5.96. The number of anilines is 2. The number of Topliss-reactive ketones (excluding diaryl/α,β-unsaturated/α-hetero) is 2. The van der Waals surface area contributed by atoms with Crippen molar-refractivity contribution in [1.82, 2.24) is 10.6 Å². The molecule has 0 radical (unpaired) electrons. The topological polar surface area (TPSA) is 159 Å². The molecule has 2 N–H and O–H groups in total. The lowest BCUT2D eigenvalue weighted by Crippen LogP contribution is -2.55. The number of nitrogens with zero attached hydrogens (tertiary/aromatic N) is 2. The second kappa shape index (κ2) is 12.6. The average Bonchev–Trinajstić information content (AvgIpc) is 3.02. The molecule has 4 amide bonds. The van der Waals surface area contributed by atoms with Crippen LogP contribution in [0.4, 0.5) is 11.4 Å². The number of hydrogen-bond donors (Lipinski definition) is 2. The standard InChI is InChI=1S/C27H28N4O8/c1-16(33)12-18(15-32)28-24(35)14-31-22-10-6-5-9-21(22)30(17(2)34)13-20(27(31)38)29-26(37)25(36)19-8-4-7-11-23(19)39-3/h4-11,15,18,20H,12-14H2,1-3H3,(H,28,35)(H,29,37)/t18-,20-/m0/s1. The van der Waals surface area contributed by atoms with E-state index < -0.39 is 48.0 Å². The van der Waals surface area contributed by atoms with Crippen LogP contribution in [0.25, 0.3) is 0 Å². The molecular formula is C27H28N4O8. The molecule has 1 aliphatic rings. The molecule has 1 heterocycles. The van der Waals surface area contributed by atoms with E-state index in [4.69, 9.17) is 4.74 Å². The molecule has 0 spiro atoms. The summed E-state index contributed by atoms with van der Waals surface area (Å²) in [5.74, 6) is -4.18. The number of aldehydes is 1. The second-order valence-corrected chi connectivity index (χ2v) is 8.81. The van der Waals surface area contributed by atoms with Crippen LogP contribution in [0, 0.1) is 0 Å². The van der Waals surface area contributed by atoms with Gasteiger partial charge in [-0.3, -0.25) is 33.7 Å². The highest BCUT2D eigenvalue weighted by Crippen LogP contribution is 2.33. The molecule has 0 saturated carbocycles. The van der Waals surface area contributed by atoms with Gasteiger partial charge in [0.25, 0.3) is 17.6 Å². The molecule has 2 aromatic rings. The molecule has 12 heteroatoms. The Hall–Kier alpha value is -4.87. The van der Waals surface area contributed by atoms with Crippen molar-refractivity contribution in [3.63, 3.8) is 0 Å². The molecule has 3 rings (SSSR count). The Bertz CT molecular complexity index is 1320. The summed E-state index contributed by atoms with van der Waals surface area (Å²) < 4.78 is 5.14. The van der Waals surface area contributed by atoms with Crippen LogP contribution in [-0.4, -0.2) is 73.8 Å². The minimum Gasteiger partial charge on any atom is -0.496 e. The molecule has 1 aliphatic heterocycles. The summed E-state index contributed by atoms with van der Waals surface area (Å²) in [5.41, 5.74) is 0.483. The van der Waals surface area contributed by atoms with Gasteiger partial charge in [0.1, 0.15) is 30.4 Å². The average molecular weight is 537 g/mol. The monoisotopic (exact) mass is 536 g/mol. The van der Waals surface area contributed by atoms with Crippen LogP contribution in [0.1, 0.15) is 30.6 Å². The zero-order valence-electron chi connectivity index (χ0n) is 21.6. The molecule has 0 unspecified atom stereocenters. The summed E-state index contributed by atoms with van der Waals surface area (Å²) in [4.78, 5) is 90.0. The number of ether oxygens (including phenoxy) is 1. The van der Waals surface area contributed by atoms with Crippen LogP contribution in [0.5, 0.6) is 5.75 Å². The van der Waals surface area contributed by atoms with E-state index in [1.165, 1.54) is 44.1 Å². The maximum absolute atomic E-state index is 13.7. The summed E-state index contributed by atoms with van der Waals surface area (Å²) in [5, 5.41) is 4.80. The van der Waals surface area contributed by atoms with Crippen LogP contribution in [0.15, 0.2) is 48.5 Å². The fourth-order valence-corrected chi connectivity index (χ4v) is 4.17. The van der Waals surface area contributed by atoms with Crippen LogP contribution in [0.2, 0.25) is 0 Å². The molecule has 0 fully saturated rings. The highest BCUT2D eigenvalue weighted by atomic mass is 16.5. The molecule has 0 bridgehead atoms. The van der Waals surface area contributed by atoms with Crippen molar-refractivity contribution in [2.24, 2.45) is 0 Å². The number of methoxy groups -OCH3 is 1. The SMILES string of the molecule is COc1ccccc1C(=O)C(=O)N[C@H]1CN(C(C)=O)c2ccccc2N(CC(=O)N[C@H](C=O)CC(C)=O)C1=O. The maximum Gasteiger partial charge on any atom is 0.293 e. The predicted octanol–water partition coefficient (Wildman–Crippen LogP) is 0.425. The Morgan fingerprint density at radius 3 is 2.28 bits per heavy atom. The molecule has 0 aliphatic carbocycles. The zero-order valence-corrected chi connectivity index (χ0v) is 21.6. The lowest BCUT2D eigenvalue weighted by molar-refractivity contribution is -0.128. The normalized spacial score (nSPS) is 15.4. The minimum atomic E-state index is -1.40. The Morgan fingerprint density at radius 2 is 1.67 bits per heavy atom. The van der Waals surface area contributed by atoms with E-state index in [1.807, 2.05) is 0 Å². The van der Waals surface area contributed by atoms with Crippen molar-refractivity contribution in [2.45, 2.75) is 32.4 Å². The van der Waals surface area contributed by atoms with E-state index in [0.29, 0.717) is 12.0 Å². The molecule has 0 aromatic heterocycles. The van der Waals surface area contributed by atoms with Crippen molar-refractivity contribution in [2.75, 3.05) is 30.0 Å². The third-order valence-electron chi connectivity index (χ3n) is 5.96. The number of nitrogens with one attached hydrogen (secondary N) is 2. The largest absolute Gasteiger partial charge is 0.496 e. The Labute approximate surface area is 224 Å². The van der Waals surface area contributed by atoms with Crippen molar-refractivity contribution < 1.29 is 38.3 Å². The van der Waals surface area contributed by atoms with Crippen molar-refractivity contribution in [1.29, 1.82) is 0 Å². The van der Waals surface area contributed by atoms with Crippen molar-refractivity contribution in [3.8, 4) is 5.75 Å². The summed E-state index contributed by atoms with van der Waals surface area (Å²) in [6, 6.07) is 9.91. The zero-order chi connectivity index (χ0) is 28.7. The fourth-order valence-electron chi connectivity index (χ4n) is 4.17. The van der Waals surface area contributed by atoms with Crippen LogP contribution in [0.3, 0.4) is 0 Å². The minimum absolute atomic E-state index is 0.0214. The number of hydrogen-bond acceptors (Lipinski definition) is 8. The second-order valence-electron chi connectivity index (χ2n) is 8.81. The number of benzene rings is 2. The van der Waals surface area contributed by atoms with Gasteiger partial charge in [-0.05, 0) is 31.2 Å². The Balaban J connectivity index is 1.94. The molecule has 0 saturated heterocycles. The van der Waals surface area contributed by atoms with Crippen LogP contribution < -0.4 is 25.2 Å². The van der Waals surface area contributed by atoms with Gasteiger partial charge in [0.05, 0.1) is 36.6 Å². The lowest BCUT2D eigenvalue weighted by atomic mass is 10.1. The van der Waals surface area contributed by atoms with Gasteiger partial charge in [0.15, 0.2) is 0 Å². The van der Waals surface area contributed by atoms with E-state index in [0.717, 1.165) is 4.90 Å². The fraction of sp³-hybridized carbons (Fsp3) is 0.296. The van der Waals surface area contributed by atoms with Gasteiger partial charge in [-0.15, -0.1) is 0 Å². The number of carbonyl (C=O) groups excluding carboxylic acids is 7. The third kappa shape index (κ3) is 6.72. The summed E-state index contributed by atoms with van der Waals surface area (Å²) in [6.45, 7) is 1.65. The van der Waals surface area contributed by atoms with E-state index in [1.54, 1.807) is 30.3 Å². The highest BCUT2D eigenvalue weighted by Gasteiger charge is 2.38. The Kier molecular flexibility index (Phi) is 9.26. The first-order valence-electron chi connectivity index (χ1n) is 12.0. The number of para-hydroxylation sites is 3. The first kappa shape index (κ1) is 28.7. The Morgan fingerprint density at radius 1 is 1.03 bits per heavy atom. The van der Waals surface area contributed by atoms with Gasteiger partial charge in [-0.2, -0.15) is 0 Å². The highest BCUT2D eigenvalue weighted by molar-refractivity contribution is 6.43. The molecular weight excluding hydrogens is 508 g/mol. The smallest absolute Gasteiger partial charge is 0.293 e. The van der Waals surface area contributed by atoms with Crippen LogP contribution >= 0.6 is 0 Å². The number of amides is 4. The van der Waals surface area contributed by atoms with Gasteiger partial charge >= 0.3 is 0 Å². The lowest BCUT2D eigenvalue weighted by Gasteiger charge is -2.25. The van der Waals surface area contributed by atoms with E-state index in [-0.39, 0.29) is 35.7 Å². The summed E-state index contributed by atoms with van der Waals surface area (Å²) in [7, 11) is 1.34. The van der Waals surface area contributed by atoms with Crippen molar-refractivity contribution in [3.05, 3.63) is 54.1 Å². The van der Waals surface area contributed by atoms with Gasteiger partial charge in [0.2, 0.25) is 11.8 Å². The quantitative estimate of drug-likeness (QED) is 0.251. The van der Waals surface area contributed by atoms with Gasteiger partial charge in [-0.1, -0.05) is 24.3 Å². The van der Waals surface area contributed by atoms with Gasteiger partial charge < -0.3 is 25.1 Å². The van der Waals surface area contributed by atoms with E-state index >= 15 is 0 Å². The molecule has 2 atom stereocenters. The molecule has 12 nitrogen and oxygen atoms in total. The summed E-state index contributed by atoms with van der Waals surface area (Å²) >= 11 is 0. The predicted molar refractivity (Wildman–Crippen MR) is 139 cm³/mol. The maximum atomic E-state index is 13.7. The van der Waals surface area contributed by atoms with Crippen LogP contribution in [-0.2, 0) is 28.8 Å². The van der Waals surface area contributed by atoms with E-state index in [9.17, 15) is 33.6 Å². The molecule has 2 aromatic carbocycles. The summed E-state index contributed by atoms with van der Waals surface area (Å²) in [6.07, 6.45) is 0.198. The number of carbonyl (C=O) groups is 7. The van der Waals surface area contributed by atoms with Gasteiger partial charge in [0, 0.05) is 13.3 Å². The number of rotatable bonds is 10. The van der Waals surface area contributed by atoms with Gasteiger partial charge in [-0.25, -0.2) is 0 Å². The first-order chi connectivity index (χ1) is 18.6. The number of fused-ring (bicyclic) bond motifs is 1. The first-order valence-corrected chi connectivity index (χ1v) is 12.0. The van der Waals surface area contributed by atoms with Crippen molar-refractivity contribution >= 4 is 52.9 Å². The van der Waals surface area contributed by atoms with E-state index in [2.05, 4.69) is 10.6 Å². The molecule has 204 valence electrons. The molecule has 39 heavy (non-hydrogen) atoms.